The Bertz CT molecular complexity index is 782. The Morgan fingerprint density at radius 1 is 1.44 bits per heavy atom. The normalized spacial score (nSPS) is 17.3. The maximum Gasteiger partial charge on any atom is 0.253 e. The zero-order chi connectivity index (χ0) is 18.0. The van der Waals surface area contributed by atoms with Crippen molar-refractivity contribution in [3.05, 3.63) is 53.2 Å². The predicted molar refractivity (Wildman–Crippen MR) is 93.4 cm³/mol. The largest absolute Gasteiger partial charge is 0.384 e. The van der Waals surface area contributed by atoms with E-state index in [1.807, 2.05) is 11.9 Å². The van der Waals surface area contributed by atoms with Crippen molar-refractivity contribution >= 4 is 11.7 Å². The number of nitrogen functional groups attached to an aromatic ring is 1. The number of benzene rings is 1. The maximum absolute atomic E-state index is 13.4. The molecule has 0 spiro atoms. The highest BCUT2D eigenvalue weighted by molar-refractivity contribution is 5.94. The average Bonchev–Trinajstić information content (AvgIpc) is 3.07. The lowest BCUT2D eigenvalue weighted by molar-refractivity contribution is 0.0779. The van der Waals surface area contributed by atoms with Crippen LogP contribution in [0, 0.1) is 12.7 Å². The van der Waals surface area contributed by atoms with Gasteiger partial charge in [-0.15, -0.1) is 0 Å². The van der Waals surface area contributed by atoms with E-state index in [0.29, 0.717) is 42.4 Å². The Kier molecular flexibility index (Phi) is 4.94. The van der Waals surface area contributed by atoms with Crippen molar-refractivity contribution in [3.63, 3.8) is 0 Å². The van der Waals surface area contributed by atoms with Crippen LogP contribution in [0.15, 0.2) is 30.5 Å². The minimum Gasteiger partial charge on any atom is -0.384 e. The van der Waals surface area contributed by atoms with Gasteiger partial charge in [-0.3, -0.25) is 9.69 Å². The van der Waals surface area contributed by atoms with Crippen molar-refractivity contribution < 1.29 is 9.18 Å². The summed E-state index contributed by atoms with van der Waals surface area (Å²) in [5.41, 5.74) is 6.70. The molecule has 25 heavy (non-hydrogen) atoms. The molecule has 1 aromatic carbocycles. The molecule has 0 saturated carbocycles. The molecule has 132 valence electrons. The smallest absolute Gasteiger partial charge is 0.253 e. The van der Waals surface area contributed by atoms with Gasteiger partial charge >= 0.3 is 0 Å². The summed E-state index contributed by atoms with van der Waals surface area (Å²) in [5.74, 6) is 0.770. The highest BCUT2D eigenvalue weighted by Gasteiger charge is 2.29. The van der Waals surface area contributed by atoms with E-state index in [1.54, 1.807) is 31.3 Å². The molecule has 3 rings (SSSR count). The van der Waals surface area contributed by atoms with Crippen molar-refractivity contribution in [2.75, 3.05) is 25.9 Å². The first-order chi connectivity index (χ1) is 11.9. The van der Waals surface area contributed by atoms with Crippen molar-refractivity contribution in [1.29, 1.82) is 0 Å². The van der Waals surface area contributed by atoms with Crippen LogP contribution in [-0.2, 0) is 6.54 Å². The number of anilines is 1. The molecular formula is C18H22FN5O. The Labute approximate surface area is 146 Å². The number of nitrogens with two attached hydrogens (primary N) is 1. The molecule has 1 saturated heterocycles. The van der Waals surface area contributed by atoms with Crippen molar-refractivity contribution in [2.45, 2.75) is 25.9 Å². The molecule has 0 bridgehead atoms. The van der Waals surface area contributed by atoms with E-state index >= 15 is 0 Å². The SMILES string of the molecule is Cc1cc(C(=O)N2CCC(N(C)Cc3nccc(N)n3)C2)ccc1F. The number of hydrogen-bond donors (Lipinski definition) is 1. The van der Waals surface area contributed by atoms with Crippen LogP contribution in [-0.4, -0.2) is 51.9 Å². The highest BCUT2D eigenvalue weighted by atomic mass is 19.1. The third-order valence-electron chi connectivity index (χ3n) is 4.60. The Balaban J connectivity index is 1.62. The Morgan fingerprint density at radius 2 is 2.24 bits per heavy atom. The topological polar surface area (TPSA) is 75.4 Å². The first-order valence-electron chi connectivity index (χ1n) is 8.27. The zero-order valence-electron chi connectivity index (χ0n) is 14.4. The first kappa shape index (κ1) is 17.3. The summed E-state index contributed by atoms with van der Waals surface area (Å²) in [4.78, 5) is 25.0. The monoisotopic (exact) mass is 343 g/mol. The molecular weight excluding hydrogens is 321 g/mol. The van der Waals surface area contributed by atoms with Gasteiger partial charge in [0.2, 0.25) is 0 Å². The van der Waals surface area contributed by atoms with Gasteiger partial charge in [-0.1, -0.05) is 0 Å². The van der Waals surface area contributed by atoms with E-state index in [4.69, 9.17) is 5.73 Å². The van der Waals surface area contributed by atoms with E-state index in [0.717, 1.165) is 6.42 Å². The summed E-state index contributed by atoms with van der Waals surface area (Å²) in [6, 6.07) is 6.39. The van der Waals surface area contributed by atoms with E-state index < -0.39 is 0 Å². The summed E-state index contributed by atoms with van der Waals surface area (Å²) >= 11 is 0. The number of aromatic nitrogens is 2. The molecule has 7 heteroatoms. The van der Waals surface area contributed by atoms with E-state index in [9.17, 15) is 9.18 Å². The number of rotatable bonds is 4. The fourth-order valence-corrected chi connectivity index (χ4v) is 3.09. The van der Waals surface area contributed by atoms with Gasteiger partial charge in [-0.25, -0.2) is 14.4 Å². The number of carbonyl (C=O) groups excluding carboxylic acids is 1. The lowest BCUT2D eigenvalue weighted by Gasteiger charge is -2.24. The number of carbonyl (C=O) groups is 1. The van der Waals surface area contributed by atoms with E-state index in [-0.39, 0.29) is 17.8 Å². The van der Waals surface area contributed by atoms with Gasteiger partial charge in [0.15, 0.2) is 0 Å². The highest BCUT2D eigenvalue weighted by Crippen LogP contribution is 2.19. The fourth-order valence-electron chi connectivity index (χ4n) is 3.09. The van der Waals surface area contributed by atoms with Crippen LogP contribution in [0.1, 0.15) is 28.2 Å². The van der Waals surface area contributed by atoms with Gasteiger partial charge in [-0.05, 0) is 50.2 Å². The van der Waals surface area contributed by atoms with Crippen molar-refractivity contribution in [3.8, 4) is 0 Å². The minimum atomic E-state index is -0.294. The quantitative estimate of drug-likeness (QED) is 0.917. The second kappa shape index (κ2) is 7.14. The molecule has 6 nitrogen and oxygen atoms in total. The summed E-state index contributed by atoms with van der Waals surface area (Å²) in [6.45, 7) is 3.56. The third kappa shape index (κ3) is 3.93. The molecule has 1 amide bonds. The van der Waals surface area contributed by atoms with E-state index in [2.05, 4.69) is 14.9 Å². The first-order valence-corrected chi connectivity index (χ1v) is 8.27. The van der Waals surface area contributed by atoms with Gasteiger partial charge in [0.25, 0.3) is 5.91 Å². The molecule has 2 N–H and O–H groups in total. The molecule has 2 heterocycles. The minimum absolute atomic E-state index is 0.0563. The van der Waals surface area contributed by atoms with Crippen LogP contribution < -0.4 is 5.73 Å². The molecule has 1 aliphatic rings. The number of likely N-dealkylation sites (N-methyl/N-ethyl adjacent to an activating group) is 1. The maximum atomic E-state index is 13.4. The van der Waals surface area contributed by atoms with Crippen LogP contribution >= 0.6 is 0 Å². The molecule has 0 aliphatic carbocycles. The van der Waals surface area contributed by atoms with Crippen molar-refractivity contribution in [2.24, 2.45) is 0 Å². The Morgan fingerprint density at radius 3 is 2.96 bits per heavy atom. The standard InChI is InChI=1S/C18H22FN5O/c1-12-9-13(3-4-15(12)19)18(25)24-8-6-14(10-24)23(2)11-17-21-7-5-16(20)22-17/h3-5,7,9,14H,6,8,10-11H2,1-2H3,(H2,20,21,22). The molecule has 1 aliphatic heterocycles. The predicted octanol–water partition coefficient (Wildman–Crippen LogP) is 1.85. The van der Waals surface area contributed by atoms with Crippen LogP contribution in [0.25, 0.3) is 0 Å². The van der Waals surface area contributed by atoms with Crippen LogP contribution in [0.2, 0.25) is 0 Å². The second-order valence-electron chi connectivity index (χ2n) is 6.47. The number of halogens is 1. The summed E-state index contributed by atoms with van der Waals surface area (Å²) in [5, 5.41) is 0. The molecule has 1 atom stereocenters. The molecule has 1 aromatic heterocycles. The lowest BCUT2D eigenvalue weighted by Crippen LogP contribution is -2.36. The second-order valence-corrected chi connectivity index (χ2v) is 6.47. The summed E-state index contributed by atoms with van der Waals surface area (Å²) in [7, 11) is 1.99. The molecule has 0 radical (unpaired) electrons. The average molecular weight is 343 g/mol. The molecule has 1 unspecified atom stereocenters. The van der Waals surface area contributed by atoms with Gasteiger partial charge in [0.1, 0.15) is 17.5 Å². The number of amides is 1. The molecule has 2 aromatic rings. The number of aryl methyl sites for hydroxylation is 1. The third-order valence-corrected chi connectivity index (χ3v) is 4.60. The van der Waals surface area contributed by atoms with Gasteiger partial charge in [0, 0.05) is 30.9 Å². The van der Waals surface area contributed by atoms with Gasteiger partial charge < -0.3 is 10.6 Å². The zero-order valence-corrected chi connectivity index (χ0v) is 14.4. The number of likely N-dealkylation sites (tertiary alicyclic amines) is 1. The summed E-state index contributed by atoms with van der Waals surface area (Å²) in [6.07, 6.45) is 2.53. The molecule has 1 fully saturated rings. The lowest BCUT2D eigenvalue weighted by atomic mass is 10.1. The van der Waals surface area contributed by atoms with Crippen LogP contribution in [0.3, 0.4) is 0 Å². The Hall–Kier alpha value is -2.54. The van der Waals surface area contributed by atoms with Crippen LogP contribution in [0.4, 0.5) is 10.2 Å². The summed E-state index contributed by atoms with van der Waals surface area (Å²) < 4.78 is 13.4. The fraction of sp³-hybridized carbons (Fsp3) is 0.389. The number of hydrogen-bond acceptors (Lipinski definition) is 5. The van der Waals surface area contributed by atoms with E-state index in [1.165, 1.54) is 6.07 Å². The van der Waals surface area contributed by atoms with Gasteiger partial charge in [0.05, 0.1) is 6.54 Å². The number of nitrogens with zero attached hydrogens (tertiary/aromatic N) is 4. The van der Waals surface area contributed by atoms with Gasteiger partial charge in [-0.2, -0.15) is 0 Å². The van der Waals surface area contributed by atoms with Crippen molar-refractivity contribution in [1.82, 2.24) is 19.8 Å². The van der Waals surface area contributed by atoms with Crippen LogP contribution in [0.5, 0.6) is 0 Å².